The highest BCUT2D eigenvalue weighted by Gasteiger charge is 2.47. The summed E-state index contributed by atoms with van der Waals surface area (Å²) in [6.07, 6.45) is -4.89. The number of carbonyl (C=O) groups excluding carboxylic acids is 2. The number of benzene rings is 2. The number of hydrogen-bond acceptors (Lipinski definition) is 12. The van der Waals surface area contributed by atoms with Crippen molar-refractivity contribution >= 4 is 18.0 Å². The Morgan fingerprint density at radius 3 is 2.44 bits per heavy atom. The highest BCUT2D eigenvalue weighted by Crippen LogP contribution is 2.31. The van der Waals surface area contributed by atoms with Crippen molar-refractivity contribution in [1.29, 1.82) is 0 Å². The van der Waals surface area contributed by atoms with E-state index in [1.807, 2.05) is 0 Å². The van der Waals surface area contributed by atoms with Gasteiger partial charge in [0.2, 0.25) is 6.29 Å². The Balaban J connectivity index is 1.74. The summed E-state index contributed by atoms with van der Waals surface area (Å²) in [6, 6.07) is 7.82. The molecule has 0 bridgehead atoms. The first kappa shape index (κ1) is 26.8. The van der Waals surface area contributed by atoms with Crippen LogP contribution in [0.1, 0.15) is 18.1 Å². The molecule has 3 rings (SSSR count). The van der Waals surface area contributed by atoms with Gasteiger partial charge in [0, 0.05) is 18.6 Å². The zero-order valence-electron chi connectivity index (χ0n) is 19.1. The first-order valence-corrected chi connectivity index (χ1v) is 10.7. The molecule has 0 aromatic heterocycles. The topological polar surface area (TPSA) is 192 Å². The Kier molecular flexibility index (Phi) is 8.72. The summed E-state index contributed by atoms with van der Waals surface area (Å²) in [6.45, 7) is 0.0656. The van der Waals surface area contributed by atoms with E-state index in [1.165, 1.54) is 42.5 Å². The van der Waals surface area contributed by atoms with Crippen molar-refractivity contribution in [1.82, 2.24) is 0 Å². The van der Waals surface area contributed by atoms with Crippen molar-refractivity contribution in [2.24, 2.45) is 0 Å². The van der Waals surface area contributed by atoms with Crippen LogP contribution in [0.2, 0.25) is 0 Å². The van der Waals surface area contributed by atoms with Gasteiger partial charge < -0.3 is 49.6 Å². The molecule has 1 aliphatic rings. The van der Waals surface area contributed by atoms with E-state index in [-0.39, 0.29) is 35.2 Å². The molecule has 12 nitrogen and oxygen atoms in total. The molecule has 1 saturated heterocycles. The van der Waals surface area contributed by atoms with E-state index in [2.05, 4.69) is 0 Å². The molecule has 2 aromatic carbocycles. The first-order chi connectivity index (χ1) is 17.1. The van der Waals surface area contributed by atoms with E-state index in [1.54, 1.807) is 0 Å². The molecule has 0 amide bonds. The third-order valence-electron chi connectivity index (χ3n) is 5.20. The SMILES string of the molecule is CC(=O)O[C@H]1[C@H](Oc2ccc(O)cc2COC(=O)/C=C/c2ccc(O)c(O)c2)O[C@H](CO)[C@@H](O)[C@@H]1O. The number of aliphatic hydroxyl groups excluding tert-OH is 3. The summed E-state index contributed by atoms with van der Waals surface area (Å²) in [4.78, 5) is 23.7. The maximum absolute atomic E-state index is 12.2. The number of esters is 2. The minimum Gasteiger partial charge on any atom is -0.508 e. The van der Waals surface area contributed by atoms with Gasteiger partial charge in [-0.25, -0.2) is 4.79 Å². The molecular formula is C24H26O12. The van der Waals surface area contributed by atoms with E-state index in [4.69, 9.17) is 18.9 Å². The van der Waals surface area contributed by atoms with Gasteiger partial charge in [-0.05, 0) is 42.0 Å². The van der Waals surface area contributed by atoms with Crippen LogP contribution in [-0.4, -0.2) is 79.9 Å². The summed E-state index contributed by atoms with van der Waals surface area (Å²) < 4.78 is 21.4. The second-order valence-electron chi connectivity index (χ2n) is 7.88. The fraction of sp³-hybridized carbons (Fsp3) is 0.333. The van der Waals surface area contributed by atoms with E-state index in [0.717, 1.165) is 13.0 Å². The lowest BCUT2D eigenvalue weighted by Crippen LogP contribution is -2.61. The number of aromatic hydroxyl groups is 3. The van der Waals surface area contributed by atoms with Gasteiger partial charge in [-0.15, -0.1) is 0 Å². The highest BCUT2D eigenvalue weighted by molar-refractivity contribution is 5.87. The third kappa shape index (κ3) is 6.64. The number of hydrogen-bond donors (Lipinski definition) is 6. The quantitative estimate of drug-likeness (QED) is 0.163. The van der Waals surface area contributed by atoms with Crippen LogP contribution in [0.3, 0.4) is 0 Å². The summed E-state index contributed by atoms with van der Waals surface area (Å²) >= 11 is 0. The van der Waals surface area contributed by atoms with Crippen LogP contribution in [0.4, 0.5) is 0 Å². The van der Waals surface area contributed by atoms with Crippen LogP contribution in [0.5, 0.6) is 23.0 Å². The number of phenolic OH excluding ortho intramolecular Hbond substituents is 3. The maximum atomic E-state index is 12.2. The van der Waals surface area contributed by atoms with E-state index in [9.17, 15) is 40.2 Å². The fourth-order valence-electron chi connectivity index (χ4n) is 3.39. The van der Waals surface area contributed by atoms with Crippen LogP contribution in [0.25, 0.3) is 6.08 Å². The van der Waals surface area contributed by atoms with E-state index < -0.39 is 49.3 Å². The molecule has 12 heteroatoms. The first-order valence-electron chi connectivity index (χ1n) is 10.7. The molecule has 1 aliphatic heterocycles. The maximum Gasteiger partial charge on any atom is 0.331 e. The van der Waals surface area contributed by atoms with Crippen LogP contribution >= 0.6 is 0 Å². The number of carbonyl (C=O) groups is 2. The van der Waals surface area contributed by atoms with Crippen LogP contribution < -0.4 is 4.74 Å². The normalized spacial score (nSPS) is 23.8. The van der Waals surface area contributed by atoms with Gasteiger partial charge in [0.25, 0.3) is 0 Å². The zero-order chi connectivity index (χ0) is 26.4. The number of aliphatic hydroxyl groups is 3. The number of rotatable bonds is 8. The smallest absolute Gasteiger partial charge is 0.331 e. The van der Waals surface area contributed by atoms with Gasteiger partial charge in [0.1, 0.15) is 36.4 Å². The van der Waals surface area contributed by atoms with Crippen LogP contribution in [0.15, 0.2) is 42.5 Å². The third-order valence-corrected chi connectivity index (χ3v) is 5.20. The van der Waals surface area contributed by atoms with Gasteiger partial charge in [-0.2, -0.15) is 0 Å². The van der Waals surface area contributed by atoms with Crippen LogP contribution in [-0.2, 0) is 30.4 Å². The molecule has 5 atom stereocenters. The van der Waals surface area contributed by atoms with Crippen LogP contribution in [0, 0.1) is 0 Å². The predicted octanol–water partition coefficient (Wildman–Crippen LogP) is 0.309. The lowest BCUT2D eigenvalue weighted by atomic mass is 9.99. The molecule has 0 aliphatic carbocycles. The van der Waals surface area contributed by atoms with Gasteiger partial charge >= 0.3 is 11.9 Å². The van der Waals surface area contributed by atoms with E-state index in [0.29, 0.717) is 5.56 Å². The Morgan fingerprint density at radius 1 is 1.03 bits per heavy atom. The number of ether oxygens (including phenoxy) is 4. The lowest BCUT2D eigenvalue weighted by Gasteiger charge is -2.41. The highest BCUT2D eigenvalue weighted by atomic mass is 16.7. The largest absolute Gasteiger partial charge is 0.508 e. The second kappa shape index (κ2) is 11.7. The summed E-state index contributed by atoms with van der Waals surface area (Å²) in [5.41, 5.74) is 0.610. The monoisotopic (exact) mass is 506 g/mol. The summed E-state index contributed by atoms with van der Waals surface area (Å²) in [5.74, 6) is -2.35. The molecule has 1 fully saturated rings. The van der Waals surface area contributed by atoms with Gasteiger partial charge in [0.15, 0.2) is 17.6 Å². The zero-order valence-corrected chi connectivity index (χ0v) is 19.1. The Labute approximate surface area is 205 Å². The fourth-order valence-corrected chi connectivity index (χ4v) is 3.39. The second-order valence-corrected chi connectivity index (χ2v) is 7.88. The van der Waals surface area contributed by atoms with Crippen molar-refractivity contribution in [3.05, 3.63) is 53.6 Å². The van der Waals surface area contributed by atoms with Crippen molar-refractivity contribution in [3.63, 3.8) is 0 Å². The molecule has 0 unspecified atom stereocenters. The molecule has 1 heterocycles. The Morgan fingerprint density at radius 2 is 1.78 bits per heavy atom. The predicted molar refractivity (Wildman–Crippen MR) is 121 cm³/mol. The summed E-state index contributed by atoms with van der Waals surface area (Å²) in [5, 5.41) is 58.6. The minimum absolute atomic E-state index is 0.0375. The average molecular weight is 506 g/mol. The standard InChI is InChI=1S/C24H26O12/c1-12(26)34-23-22(32)21(31)19(10-25)36-24(23)35-18-6-4-15(27)9-14(18)11-33-20(30)7-3-13-2-5-16(28)17(29)8-13/h2-9,19,21-25,27-29,31-32H,10-11H2,1H3/b7-3+/t19-,21-,22+,23-,24-/m1/s1. The molecule has 36 heavy (non-hydrogen) atoms. The summed E-state index contributed by atoms with van der Waals surface area (Å²) in [7, 11) is 0. The molecule has 6 N–H and O–H groups in total. The van der Waals surface area contributed by atoms with Gasteiger partial charge in [-0.3, -0.25) is 4.79 Å². The molecule has 0 radical (unpaired) electrons. The Hall–Kier alpha value is -3.84. The van der Waals surface area contributed by atoms with Crippen molar-refractivity contribution in [2.45, 2.75) is 44.2 Å². The van der Waals surface area contributed by atoms with Crippen molar-refractivity contribution in [3.8, 4) is 23.0 Å². The lowest BCUT2D eigenvalue weighted by molar-refractivity contribution is -0.282. The van der Waals surface area contributed by atoms with Crippen molar-refractivity contribution < 1.29 is 59.2 Å². The molecule has 0 saturated carbocycles. The van der Waals surface area contributed by atoms with Crippen molar-refractivity contribution in [2.75, 3.05) is 6.61 Å². The average Bonchev–Trinajstić information content (AvgIpc) is 2.84. The minimum atomic E-state index is -1.63. The Bertz CT molecular complexity index is 1110. The van der Waals surface area contributed by atoms with E-state index >= 15 is 0 Å². The molecule has 0 spiro atoms. The number of phenols is 3. The van der Waals surface area contributed by atoms with Gasteiger partial charge in [-0.1, -0.05) is 6.07 Å². The molecule has 2 aromatic rings. The molecule has 194 valence electrons. The molecular weight excluding hydrogens is 480 g/mol. The van der Waals surface area contributed by atoms with Gasteiger partial charge in [0.05, 0.1) is 6.61 Å².